The molecule has 0 aliphatic carbocycles. The maximum atomic E-state index is 12.8. The van der Waals surface area contributed by atoms with E-state index in [2.05, 4.69) is 18.3 Å². The number of carbonyl (C=O) groups excluding carboxylic acids is 1. The monoisotopic (exact) mass is 393 g/mol. The highest BCUT2D eigenvalue weighted by molar-refractivity contribution is 7.83. The summed E-state index contributed by atoms with van der Waals surface area (Å²) in [5, 5.41) is 7.75. The Balaban J connectivity index is 1.70. The highest BCUT2D eigenvalue weighted by Gasteiger charge is 2.28. The van der Waals surface area contributed by atoms with Crippen LogP contribution in [0.5, 0.6) is 0 Å². The summed E-state index contributed by atoms with van der Waals surface area (Å²) < 4.78 is 13.8. The van der Waals surface area contributed by atoms with Gasteiger partial charge in [0.2, 0.25) is 5.91 Å². The minimum atomic E-state index is -0.956. The fraction of sp³-hybridized carbons (Fsp3) is 0.273. The quantitative estimate of drug-likeness (QED) is 0.734. The van der Waals surface area contributed by atoms with Crippen molar-refractivity contribution < 1.29 is 9.00 Å². The van der Waals surface area contributed by atoms with Crippen LogP contribution in [0.2, 0.25) is 0 Å². The van der Waals surface area contributed by atoms with Gasteiger partial charge in [-0.15, -0.1) is 0 Å². The smallest absolute Gasteiger partial charge is 0.229 e. The number of hydrogen-bond acceptors (Lipinski definition) is 3. The van der Waals surface area contributed by atoms with Gasteiger partial charge in [0.15, 0.2) is 0 Å². The summed E-state index contributed by atoms with van der Waals surface area (Å²) in [4.78, 5) is 12.8. The van der Waals surface area contributed by atoms with Crippen LogP contribution >= 0.6 is 0 Å². The first kappa shape index (κ1) is 18.6. The van der Waals surface area contributed by atoms with Crippen molar-refractivity contribution >= 4 is 22.5 Å². The van der Waals surface area contributed by atoms with Crippen LogP contribution in [0.1, 0.15) is 33.5 Å². The third kappa shape index (κ3) is 3.52. The number of anilines is 1. The molecule has 6 heteroatoms. The molecule has 4 rings (SSSR count). The number of aromatic nitrogens is 2. The molecule has 1 unspecified atom stereocenters. The highest BCUT2D eigenvalue weighted by atomic mass is 32.2. The molecule has 0 saturated carbocycles. The minimum Gasteiger partial charge on any atom is -0.310 e. The first-order valence-electron chi connectivity index (χ1n) is 9.30. The van der Waals surface area contributed by atoms with Gasteiger partial charge in [0, 0.05) is 16.4 Å². The molecular weight excluding hydrogens is 370 g/mol. The second-order valence-electron chi connectivity index (χ2n) is 7.35. The zero-order valence-electron chi connectivity index (χ0n) is 16.3. The number of amides is 1. The average Bonchev–Trinajstić information content (AvgIpc) is 3.14. The van der Waals surface area contributed by atoms with Gasteiger partial charge in [-0.05, 0) is 43.5 Å². The van der Waals surface area contributed by atoms with Crippen LogP contribution in [0.3, 0.4) is 0 Å². The van der Waals surface area contributed by atoms with Crippen LogP contribution in [0.25, 0.3) is 5.69 Å². The van der Waals surface area contributed by atoms with Crippen molar-refractivity contribution in [1.29, 1.82) is 0 Å². The van der Waals surface area contributed by atoms with Gasteiger partial charge in [0.05, 0.1) is 29.3 Å². The van der Waals surface area contributed by atoms with E-state index in [0.29, 0.717) is 17.3 Å². The molecule has 1 aromatic heterocycles. The molecule has 0 bridgehead atoms. The second-order valence-corrected chi connectivity index (χ2v) is 8.80. The van der Waals surface area contributed by atoms with Gasteiger partial charge in [-0.3, -0.25) is 9.00 Å². The molecule has 1 aliphatic heterocycles. The van der Waals surface area contributed by atoms with Gasteiger partial charge in [-0.2, -0.15) is 5.10 Å². The Labute approximate surface area is 167 Å². The predicted octanol–water partition coefficient (Wildman–Crippen LogP) is 3.74. The minimum absolute atomic E-state index is 0.0995. The Hall–Kier alpha value is -2.73. The van der Waals surface area contributed by atoms with Crippen molar-refractivity contribution in [3.63, 3.8) is 0 Å². The van der Waals surface area contributed by atoms with Crippen LogP contribution < -0.4 is 5.32 Å². The van der Waals surface area contributed by atoms with E-state index in [1.54, 1.807) is 4.68 Å². The summed E-state index contributed by atoms with van der Waals surface area (Å²) in [5.41, 5.74) is 7.00. The van der Waals surface area contributed by atoms with Crippen LogP contribution in [0, 0.1) is 20.8 Å². The van der Waals surface area contributed by atoms with E-state index in [1.807, 2.05) is 50.2 Å². The van der Waals surface area contributed by atoms with Crippen LogP contribution in [0.4, 0.5) is 5.82 Å². The Bertz CT molecular complexity index is 1100. The SMILES string of the molecule is Cc1cccc(CC(=O)Nc2c3c(nn2-c2cccc(C)c2C)CS(=O)C3)c1. The summed E-state index contributed by atoms with van der Waals surface area (Å²) in [6.45, 7) is 6.12. The third-order valence-corrected chi connectivity index (χ3v) is 6.39. The molecule has 0 radical (unpaired) electrons. The summed E-state index contributed by atoms with van der Waals surface area (Å²) in [6, 6.07) is 14.0. The summed E-state index contributed by atoms with van der Waals surface area (Å²) >= 11 is 0. The van der Waals surface area contributed by atoms with E-state index >= 15 is 0 Å². The van der Waals surface area contributed by atoms with Gasteiger partial charge >= 0.3 is 0 Å². The van der Waals surface area contributed by atoms with Crippen LogP contribution in [0.15, 0.2) is 42.5 Å². The topological polar surface area (TPSA) is 64.0 Å². The highest BCUT2D eigenvalue weighted by Crippen LogP contribution is 2.32. The van der Waals surface area contributed by atoms with Crippen molar-refractivity contribution in [2.45, 2.75) is 38.7 Å². The maximum absolute atomic E-state index is 12.8. The van der Waals surface area contributed by atoms with E-state index in [4.69, 9.17) is 5.10 Å². The fourth-order valence-corrected chi connectivity index (χ4v) is 4.84. The predicted molar refractivity (Wildman–Crippen MR) is 112 cm³/mol. The van der Waals surface area contributed by atoms with E-state index in [-0.39, 0.29) is 12.3 Å². The number of carbonyl (C=O) groups is 1. The van der Waals surface area contributed by atoms with Crippen molar-refractivity contribution in [3.05, 3.63) is 76.0 Å². The van der Waals surface area contributed by atoms with Gasteiger partial charge < -0.3 is 5.32 Å². The molecule has 144 valence electrons. The number of fused-ring (bicyclic) bond motifs is 1. The molecule has 2 aromatic carbocycles. The van der Waals surface area contributed by atoms with Gasteiger partial charge in [0.25, 0.3) is 0 Å². The molecule has 0 saturated heterocycles. The number of hydrogen-bond donors (Lipinski definition) is 1. The zero-order chi connectivity index (χ0) is 19.8. The Morgan fingerprint density at radius 3 is 2.71 bits per heavy atom. The first-order chi connectivity index (χ1) is 13.4. The largest absolute Gasteiger partial charge is 0.310 e. The first-order valence-corrected chi connectivity index (χ1v) is 10.8. The van der Waals surface area contributed by atoms with E-state index in [9.17, 15) is 9.00 Å². The van der Waals surface area contributed by atoms with Crippen molar-refractivity contribution in [1.82, 2.24) is 9.78 Å². The Morgan fingerprint density at radius 2 is 1.93 bits per heavy atom. The normalized spacial score (nSPS) is 15.5. The molecule has 3 aromatic rings. The summed E-state index contributed by atoms with van der Waals surface area (Å²) in [5.74, 6) is 1.42. The molecule has 1 N–H and O–H groups in total. The molecule has 1 aliphatic rings. The van der Waals surface area contributed by atoms with Crippen molar-refractivity contribution in [2.75, 3.05) is 5.32 Å². The molecule has 0 spiro atoms. The Morgan fingerprint density at radius 1 is 1.14 bits per heavy atom. The number of rotatable bonds is 4. The molecule has 1 atom stereocenters. The standard InChI is InChI=1S/C22H23N3O2S/c1-14-6-4-8-17(10-14)11-21(26)23-22-18-12-28(27)13-19(18)24-25(22)20-9-5-7-15(2)16(20)3/h4-10H,11-13H2,1-3H3,(H,23,26). The van der Waals surface area contributed by atoms with Crippen LogP contribution in [-0.2, 0) is 33.5 Å². The number of aryl methyl sites for hydroxylation is 2. The van der Waals surface area contributed by atoms with Crippen molar-refractivity contribution in [2.24, 2.45) is 0 Å². The summed E-state index contributed by atoms with van der Waals surface area (Å²) in [7, 11) is -0.956. The zero-order valence-corrected chi connectivity index (χ0v) is 17.1. The van der Waals surface area contributed by atoms with E-state index in [0.717, 1.165) is 39.2 Å². The number of nitrogens with one attached hydrogen (secondary N) is 1. The molecule has 1 amide bonds. The average molecular weight is 394 g/mol. The second kappa shape index (κ2) is 7.36. The molecule has 0 fully saturated rings. The lowest BCUT2D eigenvalue weighted by atomic mass is 10.1. The Kier molecular flexibility index (Phi) is 4.89. The van der Waals surface area contributed by atoms with E-state index < -0.39 is 10.8 Å². The van der Waals surface area contributed by atoms with Gasteiger partial charge in [-0.25, -0.2) is 4.68 Å². The maximum Gasteiger partial charge on any atom is 0.229 e. The fourth-order valence-electron chi connectivity index (χ4n) is 3.58. The molecule has 5 nitrogen and oxygen atoms in total. The lowest BCUT2D eigenvalue weighted by Gasteiger charge is -2.14. The van der Waals surface area contributed by atoms with E-state index in [1.165, 1.54) is 0 Å². The van der Waals surface area contributed by atoms with Crippen molar-refractivity contribution in [3.8, 4) is 5.69 Å². The molecule has 28 heavy (non-hydrogen) atoms. The number of benzene rings is 2. The molecule has 2 heterocycles. The lowest BCUT2D eigenvalue weighted by molar-refractivity contribution is -0.115. The molecular formula is C22H23N3O2S. The van der Waals surface area contributed by atoms with Crippen LogP contribution in [-0.4, -0.2) is 19.9 Å². The lowest BCUT2D eigenvalue weighted by Crippen LogP contribution is -2.18. The third-order valence-electron chi connectivity index (χ3n) is 5.18. The van der Waals surface area contributed by atoms with Gasteiger partial charge in [-0.1, -0.05) is 42.0 Å². The summed E-state index contributed by atoms with van der Waals surface area (Å²) in [6.07, 6.45) is 0.289. The van der Waals surface area contributed by atoms with Gasteiger partial charge in [0.1, 0.15) is 5.82 Å². The number of nitrogens with zero attached hydrogens (tertiary/aromatic N) is 2.